The van der Waals surface area contributed by atoms with Crippen LogP contribution in [0, 0.1) is 0 Å². The average Bonchev–Trinajstić information content (AvgIpc) is 3.12. The van der Waals surface area contributed by atoms with Crippen LogP contribution in [0.3, 0.4) is 0 Å². The molecule has 8 heteroatoms. The highest BCUT2D eigenvalue weighted by Gasteiger charge is 2.39. The van der Waals surface area contributed by atoms with Crippen molar-refractivity contribution in [2.24, 2.45) is 0 Å². The summed E-state index contributed by atoms with van der Waals surface area (Å²) in [6.45, 7) is 1.54. The number of nitrogens with one attached hydrogen (secondary N) is 1. The van der Waals surface area contributed by atoms with E-state index in [1.165, 1.54) is 11.2 Å². The highest BCUT2D eigenvalue weighted by molar-refractivity contribution is 9.10. The van der Waals surface area contributed by atoms with E-state index in [4.69, 9.17) is 0 Å². The zero-order valence-electron chi connectivity index (χ0n) is 10.3. The van der Waals surface area contributed by atoms with Gasteiger partial charge in [0.2, 0.25) is 0 Å². The van der Waals surface area contributed by atoms with Crippen molar-refractivity contribution >= 4 is 27.6 Å². The number of anilines is 2. The van der Waals surface area contributed by atoms with Crippen LogP contribution in [0.4, 0.5) is 24.8 Å². The molecule has 19 heavy (non-hydrogen) atoms. The summed E-state index contributed by atoms with van der Waals surface area (Å²) in [7, 11) is 0. The number of alkyl halides is 3. The van der Waals surface area contributed by atoms with Gasteiger partial charge in [0.05, 0.1) is 0 Å². The van der Waals surface area contributed by atoms with Crippen molar-refractivity contribution in [1.29, 1.82) is 0 Å². The second kappa shape index (κ2) is 5.52. The van der Waals surface area contributed by atoms with E-state index in [2.05, 4.69) is 31.2 Å². The molecule has 0 aliphatic heterocycles. The first kappa shape index (κ1) is 14.4. The maximum Gasteiger partial charge on any atom is 0.405 e. The molecule has 1 aromatic heterocycles. The van der Waals surface area contributed by atoms with Gasteiger partial charge in [0.15, 0.2) is 0 Å². The van der Waals surface area contributed by atoms with Crippen molar-refractivity contribution in [2.75, 3.05) is 23.3 Å². The van der Waals surface area contributed by atoms with Crippen LogP contribution in [0.1, 0.15) is 19.8 Å². The Labute approximate surface area is 117 Å². The number of halogens is 4. The Bertz CT molecular complexity index is 448. The van der Waals surface area contributed by atoms with Crippen molar-refractivity contribution < 1.29 is 13.2 Å². The normalized spacial score (nSPS) is 15.4. The van der Waals surface area contributed by atoms with Gasteiger partial charge in [-0.3, -0.25) is 0 Å². The molecular weight excluding hydrogens is 325 g/mol. The molecule has 1 saturated carbocycles. The number of nitrogens with zero attached hydrogens (tertiary/aromatic N) is 3. The molecule has 0 aromatic carbocycles. The van der Waals surface area contributed by atoms with Crippen molar-refractivity contribution in [3.05, 3.63) is 10.8 Å². The summed E-state index contributed by atoms with van der Waals surface area (Å²) in [4.78, 5) is 9.30. The molecule has 2 rings (SSSR count). The Morgan fingerprint density at radius 2 is 2.11 bits per heavy atom. The lowest BCUT2D eigenvalue weighted by molar-refractivity contribution is -0.120. The van der Waals surface area contributed by atoms with Gasteiger partial charge >= 0.3 is 6.18 Å². The van der Waals surface area contributed by atoms with Gasteiger partial charge in [-0.25, -0.2) is 9.97 Å². The van der Waals surface area contributed by atoms with E-state index in [0.29, 0.717) is 22.7 Å². The van der Waals surface area contributed by atoms with E-state index in [1.807, 2.05) is 6.92 Å². The van der Waals surface area contributed by atoms with Crippen LogP contribution in [0.5, 0.6) is 0 Å². The van der Waals surface area contributed by atoms with Gasteiger partial charge in [0.25, 0.3) is 0 Å². The molecule has 0 spiro atoms. The lowest BCUT2D eigenvalue weighted by Gasteiger charge is -2.26. The molecule has 106 valence electrons. The van der Waals surface area contributed by atoms with Crippen molar-refractivity contribution in [2.45, 2.75) is 32.0 Å². The minimum atomic E-state index is -4.24. The third-order valence-corrected chi connectivity index (χ3v) is 3.45. The molecule has 1 aromatic rings. The summed E-state index contributed by atoms with van der Waals surface area (Å²) < 4.78 is 38.4. The second-order valence-electron chi connectivity index (χ2n) is 4.36. The molecular formula is C11H14BrF3N4. The predicted octanol–water partition coefficient (Wildman–Crippen LogP) is 3.20. The lowest BCUT2D eigenvalue weighted by atomic mass is 10.4. The van der Waals surface area contributed by atoms with E-state index >= 15 is 0 Å². The SMILES string of the molecule is CCNc1ncnc(N(CC(F)(F)F)C2CC2)c1Br. The third kappa shape index (κ3) is 3.71. The monoisotopic (exact) mass is 338 g/mol. The molecule has 0 atom stereocenters. The molecule has 0 bridgehead atoms. The van der Waals surface area contributed by atoms with Crippen LogP contribution in [0.15, 0.2) is 10.8 Å². The fourth-order valence-electron chi connectivity index (χ4n) is 1.81. The standard InChI is InChI=1S/C11H14BrF3N4/c1-2-16-9-8(12)10(18-6-17-9)19(7-3-4-7)5-11(13,14)15/h6-7H,2-5H2,1H3,(H,16,17,18). The van der Waals surface area contributed by atoms with E-state index in [9.17, 15) is 13.2 Å². The zero-order valence-corrected chi connectivity index (χ0v) is 11.9. The second-order valence-corrected chi connectivity index (χ2v) is 5.16. The molecule has 1 N–H and O–H groups in total. The minimum absolute atomic E-state index is 0.0812. The first-order chi connectivity index (χ1) is 8.92. The molecule has 4 nitrogen and oxygen atoms in total. The van der Waals surface area contributed by atoms with Crippen LogP contribution in [0.2, 0.25) is 0 Å². The quantitative estimate of drug-likeness (QED) is 0.895. The van der Waals surface area contributed by atoms with Gasteiger partial charge in [-0.2, -0.15) is 13.2 Å². The highest BCUT2D eigenvalue weighted by atomic mass is 79.9. The Morgan fingerprint density at radius 3 is 2.63 bits per heavy atom. The number of aromatic nitrogens is 2. The Kier molecular flexibility index (Phi) is 4.17. The molecule has 0 amide bonds. The van der Waals surface area contributed by atoms with Crippen LogP contribution < -0.4 is 10.2 Å². The van der Waals surface area contributed by atoms with Gasteiger partial charge in [0.1, 0.15) is 29.0 Å². The van der Waals surface area contributed by atoms with Crippen LogP contribution in [-0.2, 0) is 0 Å². The van der Waals surface area contributed by atoms with Crippen LogP contribution >= 0.6 is 15.9 Å². The molecule has 1 heterocycles. The number of hydrogen-bond acceptors (Lipinski definition) is 4. The minimum Gasteiger partial charge on any atom is -0.369 e. The molecule has 0 unspecified atom stereocenters. The fraction of sp³-hybridized carbons (Fsp3) is 0.636. The summed E-state index contributed by atoms with van der Waals surface area (Å²) in [5.41, 5.74) is 0. The molecule has 1 fully saturated rings. The summed E-state index contributed by atoms with van der Waals surface area (Å²) >= 11 is 3.29. The molecule has 0 saturated heterocycles. The van der Waals surface area contributed by atoms with Crippen LogP contribution in [-0.4, -0.2) is 35.3 Å². The maximum absolute atomic E-state index is 12.6. The summed E-state index contributed by atoms with van der Waals surface area (Å²) in [6, 6.07) is -0.0812. The van der Waals surface area contributed by atoms with E-state index in [-0.39, 0.29) is 6.04 Å². The molecule has 1 aliphatic carbocycles. The van der Waals surface area contributed by atoms with Crippen molar-refractivity contribution in [1.82, 2.24) is 9.97 Å². The third-order valence-electron chi connectivity index (χ3n) is 2.72. The first-order valence-corrected chi connectivity index (χ1v) is 6.79. The topological polar surface area (TPSA) is 41.1 Å². The summed E-state index contributed by atoms with van der Waals surface area (Å²) in [6.07, 6.45) is -1.43. The Hall–Kier alpha value is -1.05. The lowest BCUT2D eigenvalue weighted by Crippen LogP contribution is -2.36. The van der Waals surface area contributed by atoms with E-state index in [1.54, 1.807) is 0 Å². The predicted molar refractivity (Wildman–Crippen MR) is 70.3 cm³/mol. The van der Waals surface area contributed by atoms with Gasteiger partial charge < -0.3 is 10.2 Å². The highest BCUT2D eigenvalue weighted by Crippen LogP contribution is 2.38. The summed E-state index contributed by atoms with van der Waals surface area (Å²) in [5, 5.41) is 2.99. The van der Waals surface area contributed by atoms with Crippen molar-refractivity contribution in [3.63, 3.8) is 0 Å². The first-order valence-electron chi connectivity index (χ1n) is 6.00. The van der Waals surface area contributed by atoms with Gasteiger partial charge in [0, 0.05) is 12.6 Å². The Balaban J connectivity index is 2.28. The van der Waals surface area contributed by atoms with E-state index in [0.717, 1.165) is 12.8 Å². The average molecular weight is 339 g/mol. The smallest absolute Gasteiger partial charge is 0.369 e. The van der Waals surface area contributed by atoms with Gasteiger partial charge in [-0.1, -0.05) is 0 Å². The van der Waals surface area contributed by atoms with Gasteiger partial charge in [-0.05, 0) is 35.7 Å². The number of rotatable bonds is 5. The largest absolute Gasteiger partial charge is 0.405 e. The number of hydrogen-bond donors (Lipinski definition) is 1. The summed E-state index contributed by atoms with van der Waals surface area (Å²) in [5.74, 6) is 0.811. The van der Waals surface area contributed by atoms with Crippen LogP contribution in [0.25, 0.3) is 0 Å². The van der Waals surface area contributed by atoms with Gasteiger partial charge in [-0.15, -0.1) is 0 Å². The van der Waals surface area contributed by atoms with Crippen molar-refractivity contribution in [3.8, 4) is 0 Å². The maximum atomic E-state index is 12.6. The molecule has 0 radical (unpaired) electrons. The van der Waals surface area contributed by atoms with E-state index < -0.39 is 12.7 Å². The Morgan fingerprint density at radius 1 is 1.42 bits per heavy atom. The zero-order chi connectivity index (χ0) is 14.0. The molecule has 1 aliphatic rings. The fourth-order valence-corrected chi connectivity index (χ4v) is 2.38.